The molecular weight excluding hydrogens is 282 g/mol. The number of carbonyl (C=O) groups excluding carboxylic acids is 2. The highest BCUT2D eigenvalue weighted by molar-refractivity contribution is 5.94. The minimum atomic E-state index is -4.67. The molecule has 0 aliphatic carbocycles. The lowest BCUT2D eigenvalue weighted by Crippen LogP contribution is -2.27. The fourth-order valence-corrected chi connectivity index (χ4v) is 1.35. The van der Waals surface area contributed by atoms with Crippen LogP contribution in [-0.4, -0.2) is 25.5 Å². The van der Waals surface area contributed by atoms with Crippen molar-refractivity contribution in [3.05, 3.63) is 35.1 Å². The number of benzene rings is 1. The van der Waals surface area contributed by atoms with Gasteiger partial charge in [-0.25, -0.2) is 4.39 Å². The van der Waals surface area contributed by atoms with Crippen LogP contribution >= 0.6 is 0 Å². The van der Waals surface area contributed by atoms with Gasteiger partial charge in [-0.05, 0) is 18.2 Å². The van der Waals surface area contributed by atoms with E-state index in [-0.39, 0.29) is 13.0 Å². The molecule has 4 nitrogen and oxygen atoms in total. The van der Waals surface area contributed by atoms with Gasteiger partial charge in [-0.1, -0.05) is 0 Å². The van der Waals surface area contributed by atoms with E-state index in [9.17, 15) is 27.2 Å². The van der Waals surface area contributed by atoms with Gasteiger partial charge in [-0.2, -0.15) is 13.2 Å². The number of alkyl halides is 3. The molecule has 0 saturated carbocycles. The molecule has 0 atom stereocenters. The van der Waals surface area contributed by atoms with E-state index in [0.29, 0.717) is 18.2 Å². The van der Waals surface area contributed by atoms with E-state index in [1.165, 1.54) is 0 Å². The number of rotatable bonds is 4. The molecule has 0 fully saturated rings. The molecule has 0 aliphatic rings. The molecule has 8 heteroatoms. The van der Waals surface area contributed by atoms with Crippen molar-refractivity contribution in [1.82, 2.24) is 5.32 Å². The Balaban J connectivity index is 2.79. The first kappa shape index (κ1) is 15.9. The van der Waals surface area contributed by atoms with Gasteiger partial charge in [-0.15, -0.1) is 0 Å². The van der Waals surface area contributed by atoms with Crippen molar-refractivity contribution in [3.63, 3.8) is 0 Å². The lowest BCUT2D eigenvalue weighted by Gasteiger charge is -2.10. The third kappa shape index (κ3) is 4.22. The van der Waals surface area contributed by atoms with Crippen LogP contribution in [0, 0.1) is 5.82 Å². The third-order valence-electron chi connectivity index (χ3n) is 2.38. The summed E-state index contributed by atoms with van der Waals surface area (Å²) in [5.41, 5.74) is -1.86. The highest BCUT2D eigenvalue weighted by Crippen LogP contribution is 2.30. The SMILES string of the molecule is COC(=O)CCNC(=O)c1cc(C(F)(F)F)ccc1F. The van der Waals surface area contributed by atoms with Crippen LogP contribution < -0.4 is 5.32 Å². The van der Waals surface area contributed by atoms with Crippen molar-refractivity contribution in [3.8, 4) is 0 Å². The maximum atomic E-state index is 13.3. The van der Waals surface area contributed by atoms with Gasteiger partial charge in [0.25, 0.3) is 5.91 Å². The molecule has 0 bridgehead atoms. The molecule has 0 unspecified atom stereocenters. The van der Waals surface area contributed by atoms with Gasteiger partial charge in [-0.3, -0.25) is 9.59 Å². The van der Waals surface area contributed by atoms with Gasteiger partial charge in [0, 0.05) is 6.54 Å². The van der Waals surface area contributed by atoms with Crippen LogP contribution in [0.3, 0.4) is 0 Å². The maximum absolute atomic E-state index is 13.3. The monoisotopic (exact) mass is 293 g/mol. The van der Waals surface area contributed by atoms with Crippen LogP contribution in [0.4, 0.5) is 17.6 Å². The highest BCUT2D eigenvalue weighted by Gasteiger charge is 2.31. The van der Waals surface area contributed by atoms with Gasteiger partial charge in [0.1, 0.15) is 5.82 Å². The van der Waals surface area contributed by atoms with Crippen molar-refractivity contribution in [2.45, 2.75) is 12.6 Å². The lowest BCUT2D eigenvalue weighted by molar-refractivity contribution is -0.140. The van der Waals surface area contributed by atoms with Crippen LogP contribution in [0.25, 0.3) is 0 Å². The van der Waals surface area contributed by atoms with Crippen LogP contribution in [0.2, 0.25) is 0 Å². The summed E-state index contributed by atoms with van der Waals surface area (Å²) in [6.07, 6.45) is -4.84. The molecule has 0 radical (unpaired) electrons. The number of ether oxygens (including phenoxy) is 1. The molecule has 1 amide bonds. The zero-order chi connectivity index (χ0) is 15.3. The first-order chi connectivity index (χ1) is 9.25. The lowest BCUT2D eigenvalue weighted by atomic mass is 10.1. The molecule has 0 spiro atoms. The van der Waals surface area contributed by atoms with Crippen molar-refractivity contribution < 1.29 is 31.9 Å². The number of esters is 1. The summed E-state index contributed by atoms with van der Waals surface area (Å²) in [5, 5.41) is 2.14. The molecule has 0 aromatic heterocycles. The standard InChI is InChI=1S/C12H11F4NO3/c1-20-10(18)4-5-17-11(19)8-6-7(12(14,15)16)2-3-9(8)13/h2-3,6H,4-5H2,1H3,(H,17,19). The molecule has 1 aromatic carbocycles. The van der Waals surface area contributed by atoms with Crippen molar-refractivity contribution in [2.75, 3.05) is 13.7 Å². The summed E-state index contributed by atoms with van der Waals surface area (Å²) in [7, 11) is 1.15. The number of hydrogen-bond donors (Lipinski definition) is 1. The first-order valence-electron chi connectivity index (χ1n) is 5.47. The molecule has 0 saturated heterocycles. The van der Waals surface area contributed by atoms with Crippen LogP contribution in [0.5, 0.6) is 0 Å². The highest BCUT2D eigenvalue weighted by atomic mass is 19.4. The van der Waals surface area contributed by atoms with E-state index < -0.39 is 35.0 Å². The Morgan fingerprint density at radius 2 is 1.95 bits per heavy atom. The summed E-state index contributed by atoms with van der Waals surface area (Å²) in [6, 6.07) is 1.53. The average molecular weight is 293 g/mol. The predicted octanol–water partition coefficient (Wildman–Crippen LogP) is 2.14. The van der Waals surface area contributed by atoms with Crippen molar-refractivity contribution in [2.24, 2.45) is 0 Å². The summed E-state index contributed by atoms with van der Waals surface area (Å²) in [5.74, 6) is -2.71. The van der Waals surface area contributed by atoms with Gasteiger partial charge in [0.15, 0.2) is 0 Å². The quantitative estimate of drug-likeness (QED) is 0.683. The largest absolute Gasteiger partial charge is 0.469 e. The van der Waals surface area contributed by atoms with Gasteiger partial charge in [0.05, 0.1) is 24.7 Å². The Bertz CT molecular complexity index is 514. The molecule has 1 aromatic rings. The molecule has 1 rings (SSSR count). The predicted molar refractivity (Wildman–Crippen MR) is 60.4 cm³/mol. The zero-order valence-corrected chi connectivity index (χ0v) is 10.4. The van der Waals surface area contributed by atoms with E-state index >= 15 is 0 Å². The molecule has 1 N–H and O–H groups in total. The minimum Gasteiger partial charge on any atom is -0.469 e. The third-order valence-corrected chi connectivity index (χ3v) is 2.38. The maximum Gasteiger partial charge on any atom is 0.416 e. The molecule has 20 heavy (non-hydrogen) atoms. The average Bonchev–Trinajstić information content (AvgIpc) is 2.37. The molecular formula is C12H11F4NO3. The summed E-state index contributed by atoms with van der Waals surface area (Å²) < 4.78 is 55.0. The number of hydrogen-bond acceptors (Lipinski definition) is 3. The second kappa shape index (κ2) is 6.36. The second-order valence-corrected chi connectivity index (χ2v) is 3.77. The fourth-order valence-electron chi connectivity index (χ4n) is 1.35. The normalized spacial score (nSPS) is 11.1. The topological polar surface area (TPSA) is 55.4 Å². The van der Waals surface area contributed by atoms with E-state index in [2.05, 4.69) is 10.1 Å². The van der Waals surface area contributed by atoms with E-state index in [4.69, 9.17) is 0 Å². The van der Waals surface area contributed by atoms with Gasteiger partial charge in [0.2, 0.25) is 0 Å². The number of methoxy groups -OCH3 is 1. The Labute approximate surface area is 111 Å². The van der Waals surface area contributed by atoms with Crippen molar-refractivity contribution in [1.29, 1.82) is 0 Å². The Kier molecular flexibility index (Phi) is 5.06. The summed E-state index contributed by atoms with van der Waals surface area (Å²) in [6.45, 7) is -0.165. The van der Waals surface area contributed by atoms with E-state index in [0.717, 1.165) is 7.11 Å². The zero-order valence-electron chi connectivity index (χ0n) is 10.4. The summed E-state index contributed by atoms with van der Waals surface area (Å²) >= 11 is 0. The number of amides is 1. The van der Waals surface area contributed by atoms with Crippen LogP contribution in [0.1, 0.15) is 22.3 Å². The Hall–Kier alpha value is -2.12. The molecule has 0 heterocycles. The van der Waals surface area contributed by atoms with Crippen molar-refractivity contribution >= 4 is 11.9 Å². The Morgan fingerprint density at radius 1 is 1.30 bits per heavy atom. The van der Waals surface area contributed by atoms with Crippen LogP contribution in [0.15, 0.2) is 18.2 Å². The van der Waals surface area contributed by atoms with E-state index in [1.54, 1.807) is 0 Å². The number of carbonyl (C=O) groups is 2. The Morgan fingerprint density at radius 3 is 2.50 bits per heavy atom. The van der Waals surface area contributed by atoms with Crippen LogP contribution in [-0.2, 0) is 15.7 Å². The van der Waals surface area contributed by atoms with E-state index in [1.807, 2.05) is 0 Å². The molecule has 0 aliphatic heterocycles. The number of nitrogens with one attached hydrogen (secondary N) is 1. The minimum absolute atomic E-state index is 0.164. The summed E-state index contributed by atoms with van der Waals surface area (Å²) in [4.78, 5) is 22.3. The number of halogens is 4. The fraction of sp³-hybridized carbons (Fsp3) is 0.333. The molecule has 110 valence electrons. The van der Waals surface area contributed by atoms with Gasteiger partial charge >= 0.3 is 12.1 Å². The second-order valence-electron chi connectivity index (χ2n) is 3.77. The smallest absolute Gasteiger partial charge is 0.416 e. The first-order valence-corrected chi connectivity index (χ1v) is 5.47. The van der Waals surface area contributed by atoms with Gasteiger partial charge < -0.3 is 10.1 Å².